The van der Waals surface area contributed by atoms with Gasteiger partial charge in [0.25, 0.3) is 11.8 Å². The van der Waals surface area contributed by atoms with Crippen molar-refractivity contribution in [2.75, 3.05) is 5.32 Å². The fourth-order valence-electron chi connectivity index (χ4n) is 2.83. The molecule has 172 valence electrons. The zero-order chi connectivity index (χ0) is 23.6. The van der Waals surface area contributed by atoms with E-state index in [1.807, 2.05) is 0 Å². The van der Waals surface area contributed by atoms with Crippen molar-refractivity contribution in [2.24, 2.45) is 0 Å². The highest BCUT2D eigenvalue weighted by Crippen LogP contribution is 2.29. The zero-order valence-corrected chi connectivity index (χ0v) is 16.3. The summed E-state index contributed by atoms with van der Waals surface area (Å²) >= 11 is 0. The Morgan fingerprint density at radius 1 is 1.00 bits per heavy atom. The molecule has 4 rings (SSSR count). The Morgan fingerprint density at radius 2 is 1.70 bits per heavy atom. The van der Waals surface area contributed by atoms with Crippen LogP contribution >= 0.6 is 0 Å². The third-order valence-electron chi connectivity index (χ3n) is 4.43. The molecule has 0 aliphatic carbocycles. The second-order valence-electron chi connectivity index (χ2n) is 6.74. The third kappa shape index (κ3) is 5.27. The maximum atomic E-state index is 13.3. The third-order valence-corrected chi connectivity index (χ3v) is 4.43. The Kier molecular flexibility index (Phi) is 5.98. The van der Waals surface area contributed by atoms with Crippen LogP contribution in [0.15, 0.2) is 53.5 Å². The molecule has 33 heavy (non-hydrogen) atoms. The van der Waals surface area contributed by atoms with E-state index < -0.39 is 35.9 Å². The van der Waals surface area contributed by atoms with Gasteiger partial charge in [-0.2, -0.15) is 27.1 Å². The van der Waals surface area contributed by atoms with Gasteiger partial charge in [0.15, 0.2) is 0 Å². The minimum atomic E-state index is -4.55. The summed E-state index contributed by atoms with van der Waals surface area (Å²) in [7, 11) is 0. The predicted molar refractivity (Wildman–Crippen MR) is 100 cm³/mol. The average molecular weight is 469 g/mol. The Hall–Kier alpha value is -3.97. The van der Waals surface area contributed by atoms with E-state index in [2.05, 4.69) is 30.6 Å². The molecule has 3 heterocycles. The Balaban J connectivity index is 1.55. The van der Waals surface area contributed by atoms with Gasteiger partial charge >= 0.3 is 12.6 Å². The van der Waals surface area contributed by atoms with E-state index in [1.165, 1.54) is 36.7 Å². The van der Waals surface area contributed by atoms with Gasteiger partial charge in [-0.25, -0.2) is 14.4 Å². The van der Waals surface area contributed by atoms with Gasteiger partial charge < -0.3 is 9.73 Å². The van der Waals surface area contributed by atoms with Crippen LogP contribution in [0.3, 0.4) is 0 Å². The van der Waals surface area contributed by atoms with Gasteiger partial charge in [-0.15, -0.1) is 10.2 Å². The molecule has 0 spiro atoms. The molecule has 0 unspecified atom stereocenters. The van der Waals surface area contributed by atoms with Gasteiger partial charge in [-0.3, -0.25) is 4.68 Å². The number of nitrogens with one attached hydrogen (secondary N) is 1. The van der Waals surface area contributed by atoms with Gasteiger partial charge in [-0.1, -0.05) is 12.1 Å². The quantitative estimate of drug-likeness (QED) is 0.393. The largest absolute Gasteiger partial charge is 0.419 e. The second kappa shape index (κ2) is 8.88. The van der Waals surface area contributed by atoms with Crippen molar-refractivity contribution in [1.82, 2.24) is 29.9 Å². The van der Waals surface area contributed by atoms with E-state index in [4.69, 9.17) is 4.42 Å². The second-order valence-corrected chi connectivity index (χ2v) is 6.74. The number of hydrogen-bond acceptors (Lipinski definition) is 7. The number of hydrogen-bond donors (Lipinski definition) is 1. The highest BCUT2D eigenvalue weighted by atomic mass is 19.4. The topological polar surface area (TPSA) is 94.6 Å². The number of benzene rings is 1. The van der Waals surface area contributed by atoms with Crippen molar-refractivity contribution in [3.05, 3.63) is 71.9 Å². The first-order valence-electron chi connectivity index (χ1n) is 9.24. The lowest BCUT2D eigenvalue weighted by Crippen LogP contribution is -2.19. The predicted octanol–water partition coefficient (Wildman–Crippen LogP) is 4.67. The summed E-state index contributed by atoms with van der Waals surface area (Å²) in [5, 5.41) is 13.4. The van der Waals surface area contributed by atoms with Gasteiger partial charge in [-0.05, 0) is 17.7 Å². The summed E-state index contributed by atoms with van der Waals surface area (Å²) in [6.45, 7) is -0.0613. The number of aromatic nitrogens is 6. The average Bonchev–Trinajstić information content (AvgIpc) is 3.44. The minimum Gasteiger partial charge on any atom is -0.415 e. The van der Waals surface area contributed by atoms with E-state index in [-0.39, 0.29) is 23.9 Å². The molecule has 0 aliphatic rings. The SMILES string of the molecule is Fc1ccc([C@@H](Cn2cc(C(F)(F)F)cn2)Nc2ncc(-c3nnc(C(F)F)o3)cn2)cc1. The molecule has 4 aromatic rings. The monoisotopic (exact) mass is 469 g/mol. The molecule has 1 aromatic carbocycles. The number of rotatable bonds is 7. The standard InChI is InChI=1S/C19H13F6N7O/c20-13-3-1-10(2-4-13)14(9-32-8-12(7-28-32)19(23,24)25)29-18-26-5-11(6-27-18)16-30-31-17(33-16)15(21)22/h1-8,14-15H,9H2,(H,26,27,29)/t14-/m1/s1. The Bertz CT molecular complexity index is 1200. The fraction of sp³-hybridized carbons (Fsp3) is 0.211. The van der Waals surface area contributed by atoms with Gasteiger partial charge in [0, 0.05) is 18.6 Å². The molecule has 0 radical (unpaired) electrons. The number of nitrogens with zero attached hydrogens (tertiary/aromatic N) is 6. The lowest BCUT2D eigenvalue weighted by Gasteiger charge is -2.19. The van der Waals surface area contributed by atoms with Gasteiger partial charge in [0.05, 0.1) is 29.9 Å². The van der Waals surface area contributed by atoms with Crippen LogP contribution in [0.1, 0.15) is 29.5 Å². The molecule has 8 nitrogen and oxygen atoms in total. The zero-order valence-electron chi connectivity index (χ0n) is 16.3. The van der Waals surface area contributed by atoms with Crippen molar-refractivity contribution < 1.29 is 30.8 Å². The number of halogens is 6. The summed E-state index contributed by atoms with van der Waals surface area (Å²) in [4.78, 5) is 8.11. The van der Waals surface area contributed by atoms with E-state index in [0.717, 1.165) is 10.9 Å². The molecule has 0 aliphatic heterocycles. The molecule has 0 amide bonds. The summed E-state index contributed by atoms with van der Waals surface area (Å²) in [6.07, 6.45) is -3.44. The first-order chi connectivity index (χ1) is 15.7. The Labute approximate surface area is 181 Å². The van der Waals surface area contributed by atoms with E-state index in [1.54, 1.807) is 0 Å². The maximum absolute atomic E-state index is 13.3. The first kappa shape index (κ1) is 22.2. The van der Waals surface area contributed by atoms with E-state index in [0.29, 0.717) is 11.8 Å². The highest BCUT2D eigenvalue weighted by Gasteiger charge is 2.32. The van der Waals surface area contributed by atoms with Crippen LogP contribution in [0.4, 0.5) is 32.3 Å². The van der Waals surface area contributed by atoms with Gasteiger partial charge in [0.2, 0.25) is 5.95 Å². The smallest absolute Gasteiger partial charge is 0.415 e. The maximum Gasteiger partial charge on any atom is 0.419 e. The van der Waals surface area contributed by atoms with Crippen LogP contribution in [-0.4, -0.2) is 29.9 Å². The molecule has 0 bridgehead atoms. The van der Waals surface area contributed by atoms with Crippen LogP contribution in [0, 0.1) is 5.82 Å². The molecular weight excluding hydrogens is 456 g/mol. The summed E-state index contributed by atoms with van der Waals surface area (Å²) in [6, 6.07) is 4.63. The highest BCUT2D eigenvalue weighted by molar-refractivity contribution is 5.50. The lowest BCUT2D eigenvalue weighted by atomic mass is 10.1. The number of alkyl halides is 5. The van der Waals surface area contributed by atoms with Crippen LogP contribution in [0.25, 0.3) is 11.5 Å². The van der Waals surface area contributed by atoms with Crippen molar-refractivity contribution in [3.8, 4) is 11.5 Å². The molecule has 0 saturated carbocycles. The molecule has 1 atom stereocenters. The normalized spacial score (nSPS) is 12.8. The first-order valence-corrected chi connectivity index (χ1v) is 9.24. The van der Waals surface area contributed by atoms with Crippen LogP contribution in [0.2, 0.25) is 0 Å². The summed E-state index contributed by atoms with van der Waals surface area (Å²) in [5.41, 5.74) is -0.199. The van der Waals surface area contributed by atoms with Gasteiger partial charge in [0.1, 0.15) is 5.82 Å². The van der Waals surface area contributed by atoms with Crippen LogP contribution in [0.5, 0.6) is 0 Å². The molecule has 3 aromatic heterocycles. The fourth-order valence-corrected chi connectivity index (χ4v) is 2.83. The molecular formula is C19H13F6N7O. The van der Waals surface area contributed by atoms with Crippen LogP contribution < -0.4 is 5.32 Å². The molecule has 14 heteroatoms. The number of anilines is 1. The van der Waals surface area contributed by atoms with E-state index >= 15 is 0 Å². The van der Waals surface area contributed by atoms with Crippen molar-refractivity contribution in [2.45, 2.75) is 25.2 Å². The van der Waals surface area contributed by atoms with Crippen molar-refractivity contribution >= 4 is 5.95 Å². The molecule has 1 N–H and O–H groups in total. The lowest BCUT2D eigenvalue weighted by molar-refractivity contribution is -0.137. The molecule has 0 fully saturated rings. The minimum absolute atomic E-state index is 0.0601. The van der Waals surface area contributed by atoms with Crippen LogP contribution in [-0.2, 0) is 12.7 Å². The van der Waals surface area contributed by atoms with Crippen molar-refractivity contribution in [3.63, 3.8) is 0 Å². The Morgan fingerprint density at radius 3 is 2.27 bits per heavy atom. The van der Waals surface area contributed by atoms with Crippen molar-refractivity contribution in [1.29, 1.82) is 0 Å². The van der Waals surface area contributed by atoms with E-state index in [9.17, 15) is 26.3 Å². The molecule has 0 saturated heterocycles. The summed E-state index contributed by atoms with van der Waals surface area (Å²) in [5.74, 6) is -1.48. The summed E-state index contributed by atoms with van der Waals surface area (Å²) < 4.78 is 83.1.